The smallest absolute Gasteiger partial charge is 0.159 e. The predicted octanol–water partition coefficient (Wildman–Crippen LogP) is 4.23. The fraction of sp³-hybridized carbons (Fsp3) is 0.533. The molecule has 0 unspecified atom stereocenters. The summed E-state index contributed by atoms with van der Waals surface area (Å²) in [5, 5.41) is 9.40. The summed E-state index contributed by atoms with van der Waals surface area (Å²) in [7, 11) is 0. The maximum atomic E-state index is 13.2. The molecule has 1 nitrogen and oxygen atoms in total. The second-order valence-corrected chi connectivity index (χ2v) is 5.50. The summed E-state index contributed by atoms with van der Waals surface area (Å²) in [5.74, 6) is -0.997. The number of benzene rings is 1. The van der Waals surface area contributed by atoms with E-state index in [1.807, 2.05) is 0 Å². The van der Waals surface area contributed by atoms with Crippen LogP contribution >= 0.6 is 0 Å². The van der Waals surface area contributed by atoms with Crippen molar-refractivity contribution >= 4 is 0 Å². The molecule has 1 aromatic carbocycles. The van der Waals surface area contributed by atoms with Gasteiger partial charge in [0.25, 0.3) is 0 Å². The fourth-order valence-corrected chi connectivity index (χ4v) is 2.68. The molecule has 1 saturated carbocycles. The second-order valence-electron chi connectivity index (χ2n) is 5.50. The van der Waals surface area contributed by atoms with Crippen molar-refractivity contribution in [1.82, 2.24) is 0 Å². The van der Waals surface area contributed by atoms with Crippen LogP contribution in [0, 0.1) is 34.3 Å². The average Bonchev–Trinajstić information content (AvgIpc) is 2.37. The standard InChI is InChI=1S/C15H17F2N/c1-11-4-6-15(10-18,7-5-11)9-12-2-3-13(16)14(17)8-12/h2-3,8,11H,4-7,9H2,1H3. The zero-order valence-electron chi connectivity index (χ0n) is 10.5. The van der Waals surface area contributed by atoms with E-state index >= 15 is 0 Å². The van der Waals surface area contributed by atoms with Crippen molar-refractivity contribution < 1.29 is 8.78 Å². The number of nitrogens with zero attached hydrogens (tertiary/aromatic N) is 1. The molecule has 0 spiro atoms. The maximum absolute atomic E-state index is 13.2. The molecule has 0 saturated heterocycles. The van der Waals surface area contributed by atoms with Crippen LogP contribution in [0.5, 0.6) is 0 Å². The van der Waals surface area contributed by atoms with Crippen molar-refractivity contribution in [1.29, 1.82) is 5.26 Å². The monoisotopic (exact) mass is 249 g/mol. The summed E-state index contributed by atoms with van der Waals surface area (Å²) in [5.41, 5.74) is 0.321. The summed E-state index contributed by atoms with van der Waals surface area (Å²) < 4.78 is 26.0. The van der Waals surface area contributed by atoms with Crippen LogP contribution in [0.2, 0.25) is 0 Å². The molecule has 96 valence electrons. The number of hydrogen-bond acceptors (Lipinski definition) is 1. The molecule has 0 N–H and O–H groups in total. The third-order valence-corrected chi connectivity index (χ3v) is 4.00. The summed E-state index contributed by atoms with van der Waals surface area (Å²) >= 11 is 0. The van der Waals surface area contributed by atoms with E-state index in [4.69, 9.17) is 0 Å². The van der Waals surface area contributed by atoms with Gasteiger partial charge in [-0.15, -0.1) is 0 Å². The van der Waals surface area contributed by atoms with Crippen LogP contribution in [0.3, 0.4) is 0 Å². The van der Waals surface area contributed by atoms with Crippen LogP contribution in [0.4, 0.5) is 8.78 Å². The Balaban J connectivity index is 2.15. The molecule has 1 fully saturated rings. The lowest BCUT2D eigenvalue weighted by atomic mass is 9.69. The molecule has 0 aliphatic heterocycles. The van der Waals surface area contributed by atoms with Crippen LogP contribution < -0.4 is 0 Å². The number of nitriles is 1. The zero-order chi connectivity index (χ0) is 13.2. The highest BCUT2D eigenvalue weighted by Crippen LogP contribution is 2.40. The first-order valence-corrected chi connectivity index (χ1v) is 6.40. The van der Waals surface area contributed by atoms with Crippen molar-refractivity contribution in [2.24, 2.45) is 11.3 Å². The summed E-state index contributed by atoms with van der Waals surface area (Å²) in [6.45, 7) is 2.19. The minimum Gasteiger partial charge on any atom is -0.204 e. The van der Waals surface area contributed by atoms with Gasteiger partial charge in [0.2, 0.25) is 0 Å². The van der Waals surface area contributed by atoms with Crippen molar-refractivity contribution in [2.75, 3.05) is 0 Å². The van der Waals surface area contributed by atoms with Crippen molar-refractivity contribution in [3.63, 3.8) is 0 Å². The lowest BCUT2D eigenvalue weighted by molar-refractivity contribution is 0.218. The third kappa shape index (κ3) is 2.69. The normalized spacial score (nSPS) is 27.8. The van der Waals surface area contributed by atoms with Gasteiger partial charge in [0.15, 0.2) is 11.6 Å². The Kier molecular flexibility index (Phi) is 3.65. The molecule has 0 bridgehead atoms. The Hall–Kier alpha value is -1.43. The SMILES string of the molecule is CC1CCC(C#N)(Cc2ccc(F)c(F)c2)CC1. The molecule has 18 heavy (non-hydrogen) atoms. The van der Waals surface area contributed by atoms with E-state index in [1.54, 1.807) is 6.07 Å². The lowest BCUT2D eigenvalue weighted by Crippen LogP contribution is -2.27. The first-order chi connectivity index (χ1) is 8.54. The summed E-state index contributed by atoms with van der Waals surface area (Å²) in [6, 6.07) is 6.34. The molecule has 1 aliphatic rings. The Morgan fingerprint density at radius 2 is 1.94 bits per heavy atom. The molecule has 0 atom stereocenters. The highest BCUT2D eigenvalue weighted by Gasteiger charge is 2.34. The van der Waals surface area contributed by atoms with Gasteiger partial charge in [-0.1, -0.05) is 13.0 Å². The Morgan fingerprint density at radius 3 is 2.50 bits per heavy atom. The summed E-state index contributed by atoms with van der Waals surface area (Å²) in [4.78, 5) is 0. The van der Waals surface area contributed by atoms with E-state index in [9.17, 15) is 14.0 Å². The number of halogens is 2. The number of hydrogen-bond donors (Lipinski definition) is 0. The van der Waals surface area contributed by atoms with E-state index < -0.39 is 17.0 Å². The minimum absolute atomic E-state index is 0.392. The first-order valence-electron chi connectivity index (χ1n) is 6.40. The molecular formula is C15H17F2N. The van der Waals surface area contributed by atoms with Gasteiger partial charge >= 0.3 is 0 Å². The Bertz CT molecular complexity index is 468. The quantitative estimate of drug-likeness (QED) is 0.769. The first kappa shape index (κ1) is 13.0. The highest BCUT2D eigenvalue weighted by molar-refractivity contribution is 5.21. The van der Waals surface area contributed by atoms with Crippen LogP contribution in [-0.2, 0) is 6.42 Å². The molecular weight excluding hydrogens is 232 g/mol. The van der Waals surface area contributed by atoms with E-state index in [1.165, 1.54) is 6.07 Å². The number of rotatable bonds is 2. The molecule has 0 aromatic heterocycles. The van der Waals surface area contributed by atoms with E-state index in [2.05, 4.69) is 13.0 Å². The van der Waals surface area contributed by atoms with Crippen LogP contribution in [0.15, 0.2) is 18.2 Å². The van der Waals surface area contributed by atoms with Crippen molar-refractivity contribution in [3.05, 3.63) is 35.4 Å². The van der Waals surface area contributed by atoms with Gasteiger partial charge in [0.05, 0.1) is 11.5 Å². The van der Waals surface area contributed by atoms with Gasteiger partial charge in [0.1, 0.15) is 0 Å². The zero-order valence-corrected chi connectivity index (χ0v) is 10.5. The topological polar surface area (TPSA) is 23.8 Å². The molecule has 0 radical (unpaired) electrons. The fourth-order valence-electron chi connectivity index (χ4n) is 2.68. The average molecular weight is 249 g/mol. The largest absolute Gasteiger partial charge is 0.204 e. The molecule has 0 heterocycles. The molecule has 0 amide bonds. The van der Waals surface area contributed by atoms with Crippen LogP contribution in [-0.4, -0.2) is 0 Å². The van der Waals surface area contributed by atoms with Crippen molar-refractivity contribution in [2.45, 2.75) is 39.0 Å². The van der Waals surface area contributed by atoms with Crippen molar-refractivity contribution in [3.8, 4) is 6.07 Å². The minimum atomic E-state index is -0.831. The van der Waals surface area contributed by atoms with E-state index in [0.29, 0.717) is 17.9 Å². The van der Waals surface area contributed by atoms with Gasteiger partial charge in [-0.05, 0) is 55.7 Å². The third-order valence-electron chi connectivity index (χ3n) is 4.00. The lowest BCUT2D eigenvalue weighted by Gasteiger charge is -2.33. The molecule has 1 aliphatic carbocycles. The summed E-state index contributed by atoms with van der Waals surface area (Å²) in [6.07, 6.45) is 4.30. The van der Waals surface area contributed by atoms with Gasteiger partial charge in [-0.2, -0.15) is 5.26 Å². The second kappa shape index (κ2) is 5.06. The maximum Gasteiger partial charge on any atom is 0.159 e. The highest BCUT2D eigenvalue weighted by atomic mass is 19.2. The van der Waals surface area contributed by atoms with Crippen LogP contribution in [0.1, 0.15) is 38.2 Å². The Morgan fingerprint density at radius 1 is 1.28 bits per heavy atom. The van der Waals surface area contributed by atoms with Crippen LogP contribution in [0.25, 0.3) is 0 Å². The van der Waals surface area contributed by atoms with Gasteiger partial charge in [-0.3, -0.25) is 0 Å². The molecule has 3 heteroatoms. The van der Waals surface area contributed by atoms with E-state index in [-0.39, 0.29) is 0 Å². The van der Waals surface area contributed by atoms with E-state index in [0.717, 1.165) is 31.7 Å². The Labute approximate surface area is 106 Å². The van der Waals surface area contributed by atoms with Gasteiger partial charge in [0, 0.05) is 0 Å². The predicted molar refractivity (Wildman–Crippen MR) is 65.7 cm³/mol. The van der Waals surface area contributed by atoms with Gasteiger partial charge < -0.3 is 0 Å². The molecule has 1 aromatic rings. The van der Waals surface area contributed by atoms with Gasteiger partial charge in [-0.25, -0.2) is 8.78 Å². The molecule has 2 rings (SSSR count).